The summed E-state index contributed by atoms with van der Waals surface area (Å²) in [6, 6.07) is 9.23. The molecule has 6 nitrogen and oxygen atoms in total. The first kappa shape index (κ1) is 13.4. The zero-order valence-electron chi connectivity index (χ0n) is 11.0. The average Bonchev–Trinajstić information content (AvgIpc) is 2.74. The van der Waals surface area contributed by atoms with Crippen LogP contribution < -0.4 is 10.9 Å². The SMILES string of the molecule is O=C(NC1c2ccccc2CC1O)c1cc(O)[nH]c(=O)c1. The van der Waals surface area contributed by atoms with Gasteiger partial charge in [0.1, 0.15) is 0 Å². The number of aromatic nitrogens is 1. The zero-order chi connectivity index (χ0) is 15.0. The molecule has 1 aliphatic carbocycles. The van der Waals surface area contributed by atoms with Crippen LogP contribution in [-0.2, 0) is 6.42 Å². The third kappa shape index (κ3) is 2.53. The van der Waals surface area contributed by atoms with Crippen LogP contribution in [-0.4, -0.2) is 27.2 Å². The van der Waals surface area contributed by atoms with E-state index < -0.39 is 23.6 Å². The molecule has 4 N–H and O–H groups in total. The van der Waals surface area contributed by atoms with Crippen molar-refractivity contribution >= 4 is 5.91 Å². The highest BCUT2D eigenvalue weighted by Crippen LogP contribution is 2.31. The van der Waals surface area contributed by atoms with E-state index in [1.807, 2.05) is 24.3 Å². The highest BCUT2D eigenvalue weighted by molar-refractivity contribution is 5.94. The molecule has 0 saturated carbocycles. The highest BCUT2D eigenvalue weighted by atomic mass is 16.3. The van der Waals surface area contributed by atoms with E-state index in [2.05, 4.69) is 10.3 Å². The lowest BCUT2D eigenvalue weighted by Gasteiger charge is -2.18. The minimum Gasteiger partial charge on any atom is -0.494 e. The van der Waals surface area contributed by atoms with Crippen LogP contribution in [0, 0.1) is 0 Å². The van der Waals surface area contributed by atoms with Crippen LogP contribution in [0.1, 0.15) is 27.5 Å². The highest BCUT2D eigenvalue weighted by Gasteiger charge is 2.32. The topological polar surface area (TPSA) is 102 Å². The van der Waals surface area contributed by atoms with Gasteiger partial charge in [-0.15, -0.1) is 0 Å². The van der Waals surface area contributed by atoms with E-state index in [1.54, 1.807) is 0 Å². The number of aromatic amines is 1. The molecule has 0 radical (unpaired) electrons. The maximum Gasteiger partial charge on any atom is 0.252 e. The Hall–Kier alpha value is -2.60. The average molecular weight is 286 g/mol. The second-order valence-corrected chi connectivity index (χ2v) is 5.04. The molecule has 0 aliphatic heterocycles. The molecule has 1 heterocycles. The van der Waals surface area contributed by atoms with Gasteiger partial charge >= 0.3 is 0 Å². The predicted molar refractivity (Wildman–Crippen MR) is 75.1 cm³/mol. The van der Waals surface area contributed by atoms with Crippen molar-refractivity contribution in [1.82, 2.24) is 10.3 Å². The monoisotopic (exact) mass is 286 g/mol. The standard InChI is InChI=1S/C15H14N2O4/c18-11-5-8-3-1-2-4-10(8)14(11)17-15(21)9-6-12(19)16-13(20)7-9/h1-4,6-7,11,14,18H,5H2,(H,17,21)(H2,16,19,20). The van der Waals surface area contributed by atoms with Crippen LogP contribution in [0.15, 0.2) is 41.2 Å². The molecule has 2 atom stereocenters. The molecule has 3 rings (SSSR count). The molecule has 0 fully saturated rings. The minimum atomic E-state index is -0.707. The van der Waals surface area contributed by atoms with E-state index in [-0.39, 0.29) is 11.4 Å². The van der Waals surface area contributed by atoms with Crippen LogP contribution >= 0.6 is 0 Å². The number of amides is 1. The Morgan fingerprint density at radius 1 is 1.29 bits per heavy atom. The van der Waals surface area contributed by atoms with Gasteiger partial charge in [0.25, 0.3) is 11.5 Å². The van der Waals surface area contributed by atoms with Crippen LogP contribution in [0.5, 0.6) is 5.88 Å². The maximum absolute atomic E-state index is 12.2. The number of hydrogen-bond donors (Lipinski definition) is 4. The predicted octanol–water partition coefficient (Wildman–Crippen LogP) is 0.469. The van der Waals surface area contributed by atoms with Gasteiger partial charge in [-0.05, 0) is 11.1 Å². The lowest BCUT2D eigenvalue weighted by Crippen LogP contribution is -2.34. The Morgan fingerprint density at radius 2 is 2.05 bits per heavy atom. The molecule has 0 saturated heterocycles. The molecule has 1 aromatic carbocycles. The van der Waals surface area contributed by atoms with Crippen LogP contribution in [0.25, 0.3) is 0 Å². The number of hydrogen-bond acceptors (Lipinski definition) is 4. The Labute approximate surface area is 120 Å². The summed E-state index contributed by atoms with van der Waals surface area (Å²) in [5.74, 6) is -0.892. The number of carbonyl (C=O) groups is 1. The summed E-state index contributed by atoms with van der Waals surface area (Å²) in [4.78, 5) is 25.6. The van der Waals surface area contributed by atoms with E-state index in [9.17, 15) is 19.8 Å². The van der Waals surface area contributed by atoms with Crippen molar-refractivity contribution in [2.24, 2.45) is 0 Å². The van der Waals surface area contributed by atoms with Gasteiger partial charge in [0.2, 0.25) is 0 Å². The van der Waals surface area contributed by atoms with Gasteiger partial charge in [-0.2, -0.15) is 0 Å². The van der Waals surface area contributed by atoms with Gasteiger partial charge < -0.3 is 15.5 Å². The number of aromatic hydroxyl groups is 1. The Balaban J connectivity index is 1.86. The molecule has 2 unspecified atom stereocenters. The molecule has 1 amide bonds. The van der Waals surface area contributed by atoms with Gasteiger partial charge in [0.05, 0.1) is 17.7 Å². The first-order valence-electron chi connectivity index (χ1n) is 6.54. The molecule has 108 valence electrons. The fourth-order valence-electron chi connectivity index (χ4n) is 2.63. The lowest BCUT2D eigenvalue weighted by atomic mass is 10.1. The fourth-order valence-corrected chi connectivity index (χ4v) is 2.63. The number of aliphatic hydroxyl groups is 1. The summed E-state index contributed by atoms with van der Waals surface area (Å²) in [7, 11) is 0. The van der Waals surface area contributed by atoms with Gasteiger partial charge in [-0.3, -0.25) is 14.6 Å². The second kappa shape index (κ2) is 5.06. The van der Waals surface area contributed by atoms with Crippen molar-refractivity contribution in [3.63, 3.8) is 0 Å². The molecular formula is C15H14N2O4. The van der Waals surface area contributed by atoms with Crippen molar-refractivity contribution in [1.29, 1.82) is 0 Å². The number of pyridine rings is 1. The second-order valence-electron chi connectivity index (χ2n) is 5.04. The van der Waals surface area contributed by atoms with Gasteiger partial charge in [0.15, 0.2) is 5.88 Å². The Morgan fingerprint density at radius 3 is 2.81 bits per heavy atom. The summed E-state index contributed by atoms with van der Waals surface area (Å²) in [6.45, 7) is 0. The third-order valence-corrected chi connectivity index (χ3v) is 3.58. The normalized spacial score (nSPS) is 20.0. The maximum atomic E-state index is 12.2. The molecule has 0 bridgehead atoms. The van der Waals surface area contributed by atoms with E-state index in [0.717, 1.165) is 17.2 Å². The van der Waals surface area contributed by atoms with E-state index in [4.69, 9.17) is 0 Å². The molecule has 1 aromatic heterocycles. The molecule has 2 aromatic rings. The number of benzene rings is 1. The van der Waals surface area contributed by atoms with Gasteiger partial charge in [0, 0.05) is 18.6 Å². The summed E-state index contributed by atoms with van der Waals surface area (Å²) in [5, 5.41) is 22.1. The lowest BCUT2D eigenvalue weighted by molar-refractivity contribution is 0.0857. The minimum absolute atomic E-state index is 0.0489. The Kier molecular flexibility index (Phi) is 3.23. The Bertz CT molecular complexity index is 753. The number of fused-ring (bicyclic) bond motifs is 1. The number of rotatable bonds is 2. The van der Waals surface area contributed by atoms with Gasteiger partial charge in [-0.25, -0.2) is 0 Å². The summed E-state index contributed by atoms with van der Waals surface area (Å²) >= 11 is 0. The van der Waals surface area contributed by atoms with Crippen LogP contribution in [0.4, 0.5) is 0 Å². The van der Waals surface area contributed by atoms with Crippen molar-refractivity contribution in [3.05, 3.63) is 63.4 Å². The summed E-state index contributed by atoms with van der Waals surface area (Å²) in [6.07, 6.45) is -0.233. The van der Waals surface area contributed by atoms with Crippen molar-refractivity contribution in [2.75, 3.05) is 0 Å². The zero-order valence-corrected chi connectivity index (χ0v) is 11.0. The third-order valence-electron chi connectivity index (χ3n) is 3.58. The number of aliphatic hydroxyl groups excluding tert-OH is 1. The summed E-state index contributed by atoms with van der Waals surface area (Å²) < 4.78 is 0. The van der Waals surface area contributed by atoms with Gasteiger partial charge in [-0.1, -0.05) is 24.3 Å². The molecule has 21 heavy (non-hydrogen) atoms. The molecule has 6 heteroatoms. The van der Waals surface area contributed by atoms with Crippen molar-refractivity contribution in [2.45, 2.75) is 18.6 Å². The summed E-state index contributed by atoms with van der Waals surface area (Å²) in [5.41, 5.74) is 1.34. The smallest absolute Gasteiger partial charge is 0.252 e. The largest absolute Gasteiger partial charge is 0.494 e. The molecule has 0 spiro atoms. The van der Waals surface area contributed by atoms with Crippen molar-refractivity contribution in [3.8, 4) is 5.88 Å². The van der Waals surface area contributed by atoms with E-state index in [0.29, 0.717) is 6.42 Å². The fraction of sp³-hybridized carbons (Fsp3) is 0.200. The van der Waals surface area contributed by atoms with Crippen molar-refractivity contribution < 1.29 is 15.0 Å². The quantitative estimate of drug-likeness (QED) is 0.644. The van der Waals surface area contributed by atoms with E-state index in [1.165, 1.54) is 6.07 Å². The van der Waals surface area contributed by atoms with E-state index >= 15 is 0 Å². The van der Waals surface area contributed by atoms with Crippen LogP contribution in [0.3, 0.4) is 0 Å². The molecular weight excluding hydrogens is 272 g/mol. The molecule has 1 aliphatic rings. The first-order valence-corrected chi connectivity index (χ1v) is 6.54. The number of nitrogens with one attached hydrogen (secondary N) is 2. The first-order chi connectivity index (χ1) is 10.0. The number of carbonyl (C=O) groups excluding carboxylic acids is 1. The van der Waals surface area contributed by atoms with Crippen LogP contribution in [0.2, 0.25) is 0 Å². The number of H-pyrrole nitrogens is 1.